The van der Waals surface area contributed by atoms with Crippen LogP contribution in [0, 0.1) is 6.92 Å². The molecule has 0 N–H and O–H groups in total. The van der Waals surface area contributed by atoms with E-state index < -0.39 is 11.4 Å². The average Bonchev–Trinajstić information content (AvgIpc) is 2.72. The lowest BCUT2D eigenvalue weighted by atomic mass is 10.1. The number of hydrogen-bond donors (Lipinski definition) is 0. The number of hydrogen-bond acceptors (Lipinski definition) is 6. The van der Waals surface area contributed by atoms with E-state index >= 15 is 0 Å². The molecule has 3 rings (SSSR count). The van der Waals surface area contributed by atoms with Gasteiger partial charge in [-0.25, -0.2) is 9.48 Å². The van der Waals surface area contributed by atoms with Gasteiger partial charge in [0.1, 0.15) is 12.4 Å². The van der Waals surface area contributed by atoms with Crippen molar-refractivity contribution in [1.82, 2.24) is 9.78 Å². The molecule has 0 bridgehead atoms. The number of Topliss-reactive ketones (excluding diaryl/α,β-unsaturated/α-hetero) is 1. The highest BCUT2D eigenvalue weighted by atomic mass is 35.5. The number of aromatic nitrogens is 2. The van der Waals surface area contributed by atoms with Gasteiger partial charge < -0.3 is 9.47 Å². The minimum atomic E-state index is -0.877. The van der Waals surface area contributed by atoms with Gasteiger partial charge in [-0.1, -0.05) is 11.6 Å². The lowest BCUT2D eigenvalue weighted by Gasteiger charge is -2.12. The number of rotatable bonds is 6. The number of benzene rings is 2. The van der Waals surface area contributed by atoms with Crippen LogP contribution >= 0.6 is 11.6 Å². The van der Waals surface area contributed by atoms with Gasteiger partial charge in [-0.05, 0) is 56.3 Å². The molecule has 0 unspecified atom stereocenters. The van der Waals surface area contributed by atoms with E-state index in [0.29, 0.717) is 33.3 Å². The molecule has 0 aliphatic rings. The number of carbonyl (C=O) groups excluding carboxylic acids is 2. The van der Waals surface area contributed by atoms with Crippen LogP contribution in [0.1, 0.15) is 39.0 Å². The summed E-state index contributed by atoms with van der Waals surface area (Å²) < 4.78 is 12.0. The van der Waals surface area contributed by atoms with E-state index in [1.165, 1.54) is 24.8 Å². The minimum Gasteiger partial charge on any atom is -0.496 e. The number of carbonyl (C=O) groups is 2. The summed E-state index contributed by atoms with van der Waals surface area (Å²) in [7, 11) is 1.47. The first-order chi connectivity index (χ1) is 14.3. The summed E-state index contributed by atoms with van der Waals surface area (Å²) in [6.07, 6.45) is 0. The quantitative estimate of drug-likeness (QED) is 0.440. The van der Waals surface area contributed by atoms with Crippen LogP contribution in [0.4, 0.5) is 0 Å². The van der Waals surface area contributed by atoms with Gasteiger partial charge >= 0.3 is 5.97 Å². The number of nitrogens with zero attached hydrogens (tertiary/aromatic N) is 2. The molecule has 8 heteroatoms. The molecule has 0 atom stereocenters. The van der Waals surface area contributed by atoms with Crippen LogP contribution in [0.25, 0.3) is 5.69 Å². The third-order valence-corrected chi connectivity index (χ3v) is 4.67. The van der Waals surface area contributed by atoms with E-state index in [1.807, 2.05) is 0 Å². The zero-order valence-corrected chi connectivity index (χ0v) is 17.4. The summed E-state index contributed by atoms with van der Waals surface area (Å²) in [5.74, 6) is -0.544. The number of ketones is 1. The highest BCUT2D eigenvalue weighted by Crippen LogP contribution is 2.21. The van der Waals surface area contributed by atoms with Crippen molar-refractivity contribution in [1.29, 1.82) is 0 Å². The van der Waals surface area contributed by atoms with Crippen molar-refractivity contribution in [3.05, 3.63) is 86.3 Å². The van der Waals surface area contributed by atoms with Crippen LogP contribution in [0.5, 0.6) is 5.75 Å². The van der Waals surface area contributed by atoms with E-state index in [9.17, 15) is 14.4 Å². The second-order valence-corrected chi connectivity index (χ2v) is 6.98. The maximum atomic E-state index is 12.6. The molecule has 0 saturated carbocycles. The Hall–Kier alpha value is -3.45. The normalized spacial score (nSPS) is 10.5. The molecule has 0 aliphatic carbocycles. The fourth-order valence-corrected chi connectivity index (χ4v) is 2.98. The molecule has 1 aromatic heterocycles. The predicted octanol–water partition coefficient (Wildman–Crippen LogP) is 3.76. The molecule has 0 radical (unpaired) electrons. The predicted molar refractivity (Wildman–Crippen MR) is 112 cm³/mol. The Kier molecular flexibility index (Phi) is 6.32. The van der Waals surface area contributed by atoms with E-state index in [-0.39, 0.29) is 18.1 Å². The number of halogens is 1. The first-order valence-corrected chi connectivity index (χ1v) is 9.40. The van der Waals surface area contributed by atoms with Gasteiger partial charge in [-0.3, -0.25) is 9.59 Å². The van der Waals surface area contributed by atoms with Crippen molar-refractivity contribution in [3.8, 4) is 11.4 Å². The lowest BCUT2D eigenvalue weighted by Crippen LogP contribution is -2.24. The lowest BCUT2D eigenvalue weighted by molar-refractivity contribution is 0.0459. The standard InChI is InChI=1S/C22H19ClN2O5/c1-13-10-19(27)21(24-25(13)18-7-5-17(23)6-8-18)22(28)30-12-16-11-15(14(2)26)4-9-20(16)29-3/h4-11H,12H2,1-3H3. The summed E-state index contributed by atoms with van der Waals surface area (Å²) in [4.78, 5) is 36.5. The van der Waals surface area contributed by atoms with Crippen molar-refractivity contribution in [2.24, 2.45) is 0 Å². The molecule has 30 heavy (non-hydrogen) atoms. The fraction of sp³-hybridized carbons (Fsp3) is 0.182. The second kappa shape index (κ2) is 8.92. The highest BCUT2D eigenvalue weighted by Gasteiger charge is 2.18. The summed E-state index contributed by atoms with van der Waals surface area (Å²) in [6, 6.07) is 13.0. The Labute approximate surface area is 177 Å². The van der Waals surface area contributed by atoms with Gasteiger partial charge in [0, 0.05) is 27.9 Å². The van der Waals surface area contributed by atoms with Crippen molar-refractivity contribution in [2.75, 3.05) is 7.11 Å². The third kappa shape index (κ3) is 4.58. The number of aryl methyl sites for hydroxylation is 1. The molecular formula is C22H19ClN2O5. The maximum Gasteiger partial charge on any atom is 0.363 e. The van der Waals surface area contributed by atoms with Crippen LogP contribution in [0.15, 0.2) is 53.3 Å². The minimum absolute atomic E-state index is 0.128. The molecule has 7 nitrogen and oxygen atoms in total. The van der Waals surface area contributed by atoms with Gasteiger partial charge in [-0.15, -0.1) is 0 Å². The molecule has 154 valence electrons. The largest absolute Gasteiger partial charge is 0.496 e. The molecule has 3 aromatic rings. The highest BCUT2D eigenvalue weighted by molar-refractivity contribution is 6.30. The molecule has 2 aromatic carbocycles. The second-order valence-electron chi connectivity index (χ2n) is 6.55. The van der Waals surface area contributed by atoms with Crippen molar-refractivity contribution < 1.29 is 19.1 Å². The molecule has 0 spiro atoms. The Morgan fingerprint density at radius 3 is 2.43 bits per heavy atom. The Balaban J connectivity index is 1.88. The summed E-state index contributed by atoms with van der Waals surface area (Å²) >= 11 is 5.92. The number of ether oxygens (including phenoxy) is 2. The van der Waals surface area contributed by atoms with Crippen molar-refractivity contribution in [2.45, 2.75) is 20.5 Å². The molecular weight excluding hydrogens is 408 g/mol. The van der Waals surface area contributed by atoms with Crippen LogP contribution in [0.3, 0.4) is 0 Å². The maximum absolute atomic E-state index is 12.6. The fourth-order valence-electron chi connectivity index (χ4n) is 2.85. The molecule has 0 fully saturated rings. The topological polar surface area (TPSA) is 87.5 Å². The van der Waals surface area contributed by atoms with Gasteiger partial charge in [0.25, 0.3) is 0 Å². The van der Waals surface area contributed by atoms with Gasteiger partial charge in [-0.2, -0.15) is 5.10 Å². The van der Waals surface area contributed by atoms with Crippen LogP contribution < -0.4 is 10.2 Å². The van der Waals surface area contributed by atoms with Crippen LogP contribution in [-0.4, -0.2) is 28.6 Å². The van der Waals surface area contributed by atoms with Crippen molar-refractivity contribution in [3.63, 3.8) is 0 Å². The Morgan fingerprint density at radius 2 is 1.80 bits per heavy atom. The van der Waals surface area contributed by atoms with Gasteiger partial charge in [0.2, 0.25) is 11.1 Å². The summed E-state index contributed by atoms with van der Waals surface area (Å²) in [6.45, 7) is 2.96. The smallest absolute Gasteiger partial charge is 0.363 e. The molecule has 0 aliphatic heterocycles. The Bertz CT molecular complexity index is 1170. The summed E-state index contributed by atoms with van der Waals surface area (Å²) in [5, 5.41) is 4.73. The Morgan fingerprint density at radius 1 is 1.10 bits per heavy atom. The van der Waals surface area contributed by atoms with Crippen LogP contribution in [0.2, 0.25) is 5.02 Å². The summed E-state index contributed by atoms with van der Waals surface area (Å²) in [5.41, 5.74) is 1.25. The van der Waals surface area contributed by atoms with Crippen molar-refractivity contribution >= 4 is 23.4 Å². The zero-order chi connectivity index (χ0) is 21.8. The third-order valence-electron chi connectivity index (χ3n) is 4.42. The zero-order valence-electron chi connectivity index (χ0n) is 16.6. The molecule has 0 saturated heterocycles. The van der Waals surface area contributed by atoms with Gasteiger partial charge in [0.15, 0.2) is 5.78 Å². The number of esters is 1. The van der Waals surface area contributed by atoms with Gasteiger partial charge in [0.05, 0.1) is 12.8 Å². The number of methoxy groups -OCH3 is 1. The monoisotopic (exact) mass is 426 g/mol. The average molecular weight is 427 g/mol. The van der Waals surface area contributed by atoms with E-state index in [1.54, 1.807) is 49.4 Å². The first kappa shape index (κ1) is 21.3. The molecule has 0 amide bonds. The first-order valence-electron chi connectivity index (χ1n) is 9.02. The van der Waals surface area contributed by atoms with E-state index in [0.717, 1.165) is 0 Å². The SMILES string of the molecule is COc1ccc(C(C)=O)cc1COC(=O)c1nn(-c2ccc(Cl)cc2)c(C)cc1=O. The van der Waals surface area contributed by atoms with E-state index in [2.05, 4.69) is 5.10 Å². The van der Waals surface area contributed by atoms with Crippen LogP contribution in [-0.2, 0) is 11.3 Å². The molecule has 1 heterocycles. The van der Waals surface area contributed by atoms with E-state index in [4.69, 9.17) is 21.1 Å².